The molecular weight excluding hydrogens is 432 g/mol. The minimum atomic E-state index is -0.978. The van der Waals surface area contributed by atoms with Crippen LogP contribution in [0.15, 0.2) is 0 Å². The molecule has 1 heterocycles. The Bertz CT molecular complexity index is 528. The van der Waals surface area contributed by atoms with Crippen molar-refractivity contribution in [2.45, 2.75) is 135 Å². The lowest BCUT2D eigenvalue weighted by Gasteiger charge is -2.24. The first kappa shape index (κ1) is 31.9. The van der Waals surface area contributed by atoms with E-state index in [2.05, 4.69) is 0 Å². The molecule has 0 aromatic heterocycles. The third-order valence-electron chi connectivity index (χ3n) is 5.23. The molecule has 0 aliphatic carbocycles. The first-order valence-corrected chi connectivity index (χ1v) is 12.3. The Kier molecular flexibility index (Phi) is 17.6. The van der Waals surface area contributed by atoms with E-state index in [-0.39, 0.29) is 50.6 Å². The van der Waals surface area contributed by atoms with Crippen LogP contribution in [-0.2, 0) is 23.8 Å². The summed E-state index contributed by atoms with van der Waals surface area (Å²) in [7, 11) is 0. The molecule has 1 rings (SSSR count). The van der Waals surface area contributed by atoms with Gasteiger partial charge in [0, 0.05) is 25.7 Å². The maximum atomic E-state index is 12.3. The summed E-state index contributed by atoms with van der Waals surface area (Å²) in [4.78, 5) is 23.4. The second-order valence-corrected chi connectivity index (χ2v) is 8.43. The van der Waals surface area contributed by atoms with Gasteiger partial charge in [-0.15, -0.1) is 0 Å². The largest absolute Gasteiger partial charge is 0.462 e. The lowest BCUT2D eigenvalue weighted by atomic mass is 10.0. The number of ketones is 1. The highest BCUT2D eigenvalue weighted by Gasteiger charge is 2.35. The number of carbonyl (C=O) groups excluding carboxylic acids is 2. The van der Waals surface area contributed by atoms with E-state index in [0.29, 0.717) is 12.8 Å². The molecule has 0 aromatic rings. The average Bonchev–Trinajstić information content (AvgIpc) is 3.07. The quantitative estimate of drug-likeness (QED) is 0.246. The third-order valence-corrected chi connectivity index (χ3v) is 5.23. The van der Waals surface area contributed by atoms with Gasteiger partial charge in [-0.25, -0.2) is 0 Å². The number of hydrogen-bond donors (Lipinski definition) is 4. The Morgan fingerprint density at radius 3 is 2.06 bits per heavy atom. The summed E-state index contributed by atoms with van der Waals surface area (Å²) >= 11 is 0. The van der Waals surface area contributed by atoms with Crippen molar-refractivity contribution in [3.8, 4) is 0 Å². The summed E-state index contributed by atoms with van der Waals surface area (Å²) in [6.07, 6.45) is -1.67. The summed E-state index contributed by atoms with van der Waals surface area (Å²) in [5.41, 5.74) is 0. The zero-order valence-electron chi connectivity index (χ0n) is 20.9. The van der Waals surface area contributed by atoms with E-state index < -0.39 is 42.8 Å². The standard InChI is InChI=1S/C22H40O9.C2H6/c1-4-6-17(9-15(25)8-14(3)24)29-21(28)11-16(26)10-18(7-5-2)30-22-12-19(27)20(13-23)31-22;1-2/h15-20,22-23,25-27H,4-13H2,1-3H3;1-2H3/t15?,16?,17?,18?,19?,20-,22?;/m0./s1. The number of aliphatic hydroxyl groups is 4. The Balaban J connectivity index is 0.00000497. The number of hydrogen-bond acceptors (Lipinski definition) is 9. The van der Waals surface area contributed by atoms with Gasteiger partial charge in [-0.3, -0.25) is 9.59 Å². The van der Waals surface area contributed by atoms with Crippen LogP contribution in [-0.4, -0.2) is 81.7 Å². The molecule has 4 N–H and O–H groups in total. The fraction of sp³-hybridized carbons (Fsp3) is 0.917. The summed E-state index contributed by atoms with van der Waals surface area (Å²) in [6, 6.07) is 0. The van der Waals surface area contributed by atoms with Crippen LogP contribution in [0.2, 0.25) is 0 Å². The number of carbonyl (C=O) groups is 2. The van der Waals surface area contributed by atoms with Crippen LogP contribution in [0.4, 0.5) is 0 Å². The third kappa shape index (κ3) is 14.0. The van der Waals surface area contributed by atoms with Gasteiger partial charge in [-0.05, 0) is 19.8 Å². The topological polar surface area (TPSA) is 143 Å². The molecule has 1 aliphatic heterocycles. The number of ether oxygens (including phenoxy) is 3. The van der Waals surface area contributed by atoms with Gasteiger partial charge in [-0.2, -0.15) is 0 Å². The molecule has 6 unspecified atom stereocenters. The summed E-state index contributed by atoms with van der Waals surface area (Å²) in [5, 5.41) is 39.3. The molecule has 9 nitrogen and oxygen atoms in total. The highest BCUT2D eigenvalue weighted by atomic mass is 16.7. The lowest BCUT2D eigenvalue weighted by Crippen LogP contribution is -2.30. The van der Waals surface area contributed by atoms with Gasteiger partial charge < -0.3 is 34.6 Å². The van der Waals surface area contributed by atoms with Gasteiger partial charge >= 0.3 is 5.97 Å². The van der Waals surface area contributed by atoms with Crippen molar-refractivity contribution in [2.75, 3.05) is 6.61 Å². The molecule has 33 heavy (non-hydrogen) atoms. The molecule has 9 heteroatoms. The van der Waals surface area contributed by atoms with E-state index in [4.69, 9.17) is 14.2 Å². The van der Waals surface area contributed by atoms with Crippen LogP contribution in [0, 0.1) is 0 Å². The molecule has 1 saturated heterocycles. The molecule has 0 bridgehead atoms. The molecule has 0 aromatic carbocycles. The first-order chi connectivity index (χ1) is 15.7. The lowest BCUT2D eigenvalue weighted by molar-refractivity contribution is -0.176. The van der Waals surface area contributed by atoms with Crippen molar-refractivity contribution in [3.05, 3.63) is 0 Å². The van der Waals surface area contributed by atoms with Crippen LogP contribution >= 0.6 is 0 Å². The van der Waals surface area contributed by atoms with Gasteiger partial charge in [0.05, 0.1) is 37.4 Å². The number of rotatable bonds is 16. The summed E-state index contributed by atoms with van der Waals surface area (Å²) < 4.78 is 16.7. The molecule has 1 fully saturated rings. The van der Waals surface area contributed by atoms with Crippen molar-refractivity contribution in [2.24, 2.45) is 0 Å². The fourth-order valence-electron chi connectivity index (χ4n) is 3.80. The predicted molar refractivity (Wildman–Crippen MR) is 123 cm³/mol. The van der Waals surface area contributed by atoms with Gasteiger partial charge in [0.25, 0.3) is 0 Å². The molecule has 0 spiro atoms. The number of Topliss-reactive ketones (excluding diaryl/α,β-unsaturated/α-hetero) is 1. The molecular formula is C24H46O9. The molecule has 0 amide bonds. The Hall–Kier alpha value is -1.10. The predicted octanol–water partition coefficient (Wildman–Crippen LogP) is 2.25. The van der Waals surface area contributed by atoms with E-state index in [1.165, 1.54) is 6.92 Å². The minimum absolute atomic E-state index is 0.0193. The summed E-state index contributed by atoms with van der Waals surface area (Å²) in [6.45, 7) is 9.01. The normalized spacial score (nSPS) is 23.7. The smallest absolute Gasteiger partial charge is 0.308 e. The van der Waals surface area contributed by atoms with Gasteiger partial charge in [-0.1, -0.05) is 40.5 Å². The van der Waals surface area contributed by atoms with Crippen LogP contribution in [0.1, 0.15) is 92.4 Å². The van der Waals surface area contributed by atoms with E-state index in [1.54, 1.807) is 0 Å². The highest BCUT2D eigenvalue weighted by molar-refractivity contribution is 5.75. The molecule has 7 atom stereocenters. The Labute approximate surface area is 198 Å². The van der Waals surface area contributed by atoms with E-state index in [0.717, 1.165) is 12.8 Å². The van der Waals surface area contributed by atoms with E-state index >= 15 is 0 Å². The second-order valence-electron chi connectivity index (χ2n) is 8.43. The zero-order valence-corrected chi connectivity index (χ0v) is 20.9. The zero-order chi connectivity index (χ0) is 25.4. The minimum Gasteiger partial charge on any atom is -0.462 e. The van der Waals surface area contributed by atoms with Gasteiger partial charge in [0.1, 0.15) is 18.0 Å². The van der Waals surface area contributed by atoms with Gasteiger partial charge in [0.2, 0.25) is 0 Å². The maximum Gasteiger partial charge on any atom is 0.308 e. The van der Waals surface area contributed by atoms with Crippen LogP contribution in [0.25, 0.3) is 0 Å². The van der Waals surface area contributed by atoms with Crippen LogP contribution in [0.3, 0.4) is 0 Å². The van der Waals surface area contributed by atoms with E-state index in [1.807, 2.05) is 27.7 Å². The highest BCUT2D eigenvalue weighted by Crippen LogP contribution is 2.25. The van der Waals surface area contributed by atoms with Gasteiger partial charge in [0.15, 0.2) is 6.29 Å². The fourth-order valence-corrected chi connectivity index (χ4v) is 3.80. The van der Waals surface area contributed by atoms with Crippen LogP contribution in [0.5, 0.6) is 0 Å². The average molecular weight is 479 g/mol. The number of aliphatic hydroxyl groups excluding tert-OH is 4. The first-order valence-electron chi connectivity index (χ1n) is 12.3. The van der Waals surface area contributed by atoms with Crippen molar-refractivity contribution < 1.29 is 44.2 Å². The SMILES string of the molecule is CC.CCCC(CC(O)CC(C)=O)OC(=O)CC(O)CC(CCC)OC1CC(O)[C@H](CO)O1. The van der Waals surface area contributed by atoms with Crippen molar-refractivity contribution in [3.63, 3.8) is 0 Å². The molecule has 196 valence electrons. The van der Waals surface area contributed by atoms with Crippen molar-refractivity contribution in [1.29, 1.82) is 0 Å². The molecule has 0 saturated carbocycles. The molecule has 1 aliphatic rings. The summed E-state index contributed by atoms with van der Waals surface area (Å²) in [5.74, 6) is -0.695. The van der Waals surface area contributed by atoms with E-state index in [9.17, 15) is 30.0 Å². The number of esters is 1. The Morgan fingerprint density at radius 1 is 1.00 bits per heavy atom. The van der Waals surface area contributed by atoms with Crippen molar-refractivity contribution in [1.82, 2.24) is 0 Å². The second kappa shape index (κ2) is 18.3. The van der Waals surface area contributed by atoms with Crippen molar-refractivity contribution >= 4 is 11.8 Å². The van der Waals surface area contributed by atoms with Crippen LogP contribution < -0.4 is 0 Å². The Morgan fingerprint density at radius 2 is 1.55 bits per heavy atom. The maximum absolute atomic E-state index is 12.3. The monoisotopic (exact) mass is 478 g/mol. The molecule has 0 radical (unpaired) electrons.